The molecular weight excluding hydrogens is 306 g/mol. The van der Waals surface area contributed by atoms with Gasteiger partial charge in [0.15, 0.2) is 0 Å². The first-order valence-electron chi connectivity index (χ1n) is 7.42. The zero-order valence-electron chi connectivity index (χ0n) is 13.8. The van der Waals surface area contributed by atoms with E-state index in [0.717, 1.165) is 0 Å². The molecular formula is C14H27N3O6. The van der Waals surface area contributed by atoms with Crippen molar-refractivity contribution in [1.29, 1.82) is 0 Å². The summed E-state index contributed by atoms with van der Waals surface area (Å²) in [5.74, 6) is -1.12. The highest BCUT2D eigenvalue weighted by Crippen LogP contribution is 1.99. The van der Waals surface area contributed by atoms with Crippen molar-refractivity contribution in [1.82, 2.24) is 10.6 Å². The second-order valence-electron chi connectivity index (χ2n) is 5.22. The van der Waals surface area contributed by atoms with Gasteiger partial charge in [-0.2, -0.15) is 0 Å². The Morgan fingerprint density at radius 1 is 1.26 bits per heavy atom. The summed E-state index contributed by atoms with van der Waals surface area (Å²) in [7, 11) is 0. The second-order valence-corrected chi connectivity index (χ2v) is 5.22. The molecule has 0 aliphatic carbocycles. The highest BCUT2D eigenvalue weighted by Gasteiger charge is 2.16. The summed E-state index contributed by atoms with van der Waals surface area (Å²) in [6.45, 7) is 4.65. The van der Waals surface area contributed by atoms with E-state index in [1.807, 2.05) is 0 Å². The van der Waals surface area contributed by atoms with Gasteiger partial charge in [-0.15, -0.1) is 0 Å². The lowest BCUT2D eigenvalue weighted by molar-refractivity contribution is -0.146. The summed E-state index contributed by atoms with van der Waals surface area (Å²) in [5, 5.41) is 14.0. The van der Waals surface area contributed by atoms with Crippen LogP contribution in [0.15, 0.2) is 0 Å². The molecule has 0 saturated heterocycles. The number of aliphatic hydroxyl groups is 1. The van der Waals surface area contributed by atoms with Crippen LogP contribution in [0.25, 0.3) is 0 Å². The van der Waals surface area contributed by atoms with Crippen molar-refractivity contribution >= 4 is 17.8 Å². The van der Waals surface area contributed by atoms with Gasteiger partial charge in [0.25, 0.3) is 0 Å². The van der Waals surface area contributed by atoms with E-state index in [9.17, 15) is 14.4 Å². The first-order chi connectivity index (χ1) is 10.8. The predicted molar refractivity (Wildman–Crippen MR) is 82.3 cm³/mol. The van der Waals surface area contributed by atoms with Gasteiger partial charge >= 0.3 is 5.97 Å². The SMILES string of the molecule is CC(=O)N[C@@H](CNC(=O)[C@@H](N)CO)COCC[C@@H](C)OC(C)=O. The Hall–Kier alpha value is -1.71. The van der Waals surface area contributed by atoms with E-state index in [1.165, 1.54) is 13.8 Å². The normalized spacial score (nSPS) is 14.5. The van der Waals surface area contributed by atoms with Crippen LogP contribution in [0.1, 0.15) is 27.2 Å². The molecule has 9 nitrogen and oxygen atoms in total. The van der Waals surface area contributed by atoms with E-state index in [2.05, 4.69) is 10.6 Å². The number of ether oxygens (including phenoxy) is 2. The molecule has 0 unspecified atom stereocenters. The number of aliphatic hydroxyl groups excluding tert-OH is 1. The van der Waals surface area contributed by atoms with Crippen LogP contribution in [-0.2, 0) is 23.9 Å². The van der Waals surface area contributed by atoms with Crippen molar-refractivity contribution in [2.45, 2.75) is 45.4 Å². The average molecular weight is 333 g/mol. The van der Waals surface area contributed by atoms with Crippen LogP contribution in [0.5, 0.6) is 0 Å². The minimum absolute atomic E-state index is 0.131. The van der Waals surface area contributed by atoms with Crippen molar-refractivity contribution in [3.8, 4) is 0 Å². The largest absolute Gasteiger partial charge is 0.463 e. The number of carbonyl (C=O) groups excluding carboxylic acids is 3. The highest BCUT2D eigenvalue weighted by atomic mass is 16.5. The topological polar surface area (TPSA) is 140 Å². The van der Waals surface area contributed by atoms with Gasteiger partial charge < -0.3 is 30.9 Å². The van der Waals surface area contributed by atoms with E-state index in [4.69, 9.17) is 20.3 Å². The Morgan fingerprint density at radius 3 is 2.43 bits per heavy atom. The lowest BCUT2D eigenvalue weighted by Gasteiger charge is -2.20. The van der Waals surface area contributed by atoms with Crippen molar-refractivity contribution in [3.05, 3.63) is 0 Å². The molecule has 0 rings (SSSR count). The molecule has 134 valence electrons. The third-order valence-electron chi connectivity index (χ3n) is 2.82. The van der Waals surface area contributed by atoms with Crippen molar-refractivity contribution in [2.75, 3.05) is 26.4 Å². The molecule has 0 aliphatic rings. The molecule has 0 aromatic carbocycles. The van der Waals surface area contributed by atoms with E-state index < -0.39 is 24.6 Å². The maximum Gasteiger partial charge on any atom is 0.302 e. The monoisotopic (exact) mass is 333 g/mol. The number of carbonyl (C=O) groups is 3. The third-order valence-corrected chi connectivity index (χ3v) is 2.82. The molecule has 0 radical (unpaired) electrons. The van der Waals surface area contributed by atoms with E-state index in [1.54, 1.807) is 6.92 Å². The second kappa shape index (κ2) is 11.8. The fraction of sp³-hybridized carbons (Fsp3) is 0.786. The summed E-state index contributed by atoms with van der Waals surface area (Å²) in [4.78, 5) is 33.4. The van der Waals surface area contributed by atoms with Crippen LogP contribution in [0.4, 0.5) is 0 Å². The van der Waals surface area contributed by atoms with Crippen LogP contribution in [-0.4, -0.2) is 67.4 Å². The maximum atomic E-state index is 11.5. The lowest BCUT2D eigenvalue weighted by atomic mass is 10.2. The molecule has 9 heteroatoms. The van der Waals surface area contributed by atoms with Gasteiger partial charge in [0.1, 0.15) is 12.1 Å². The maximum absolute atomic E-state index is 11.5. The summed E-state index contributed by atoms with van der Waals surface area (Å²) >= 11 is 0. The van der Waals surface area contributed by atoms with Crippen molar-refractivity contribution < 1.29 is 29.0 Å². The number of nitrogens with two attached hydrogens (primary N) is 1. The van der Waals surface area contributed by atoms with Gasteiger partial charge in [0.05, 0.1) is 25.9 Å². The lowest BCUT2D eigenvalue weighted by Crippen LogP contribution is -2.50. The molecule has 3 atom stereocenters. The highest BCUT2D eigenvalue weighted by molar-refractivity contribution is 5.81. The predicted octanol–water partition coefficient (Wildman–Crippen LogP) is -1.71. The fourth-order valence-corrected chi connectivity index (χ4v) is 1.69. The Morgan fingerprint density at radius 2 is 1.91 bits per heavy atom. The van der Waals surface area contributed by atoms with Crippen molar-refractivity contribution in [3.63, 3.8) is 0 Å². The summed E-state index contributed by atoms with van der Waals surface area (Å²) < 4.78 is 10.4. The fourth-order valence-electron chi connectivity index (χ4n) is 1.69. The number of nitrogens with one attached hydrogen (secondary N) is 2. The first-order valence-corrected chi connectivity index (χ1v) is 7.42. The molecule has 0 heterocycles. The van der Waals surface area contributed by atoms with Crippen LogP contribution in [0.2, 0.25) is 0 Å². The molecule has 0 bridgehead atoms. The van der Waals surface area contributed by atoms with E-state index >= 15 is 0 Å². The summed E-state index contributed by atoms with van der Waals surface area (Å²) in [6.07, 6.45) is 0.266. The molecule has 0 aromatic rings. The van der Waals surface area contributed by atoms with Crippen LogP contribution in [0.3, 0.4) is 0 Å². The molecule has 0 saturated carbocycles. The Bertz CT molecular complexity index is 391. The number of rotatable bonds is 11. The summed E-state index contributed by atoms with van der Waals surface area (Å²) in [6, 6.07) is -1.43. The van der Waals surface area contributed by atoms with Gasteiger partial charge in [-0.25, -0.2) is 0 Å². The Balaban J connectivity index is 4.12. The number of hydrogen-bond donors (Lipinski definition) is 4. The van der Waals surface area contributed by atoms with Crippen LogP contribution in [0, 0.1) is 0 Å². The summed E-state index contributed by atoms with van der Waals surface area (Å²) in [5.41, 5.74) is 5.38. The van der Waals surface area contributed by atoms with Gasteiger partial charge in [0, 0.05) is 26.8 Å². The molecule has 5 N–H and O–H groups in total. The first kappa shape index (κ1) is 21.3. The van der Waals surface area contributed by atoms with Gasteiger partial charge in [-0.05, 0) is 6.92 Å². The van der Waals surface area contributed by atoms with Gasteiger partial charge in [0.2, 0.25) is 11.8 Å². The quantitative estimate of drug-likeness (QED) is 0.260. The Kier molecular flexibility index (Phi) is 10.9. The van der Waals surface area contributed by atoms with Gasteiger partial charge in [-0.3, -0.25) is 14.4 Å². The smallest absolute Gasteiger partial charge is 0.302 e. The van der Waals surface area contributed by atoms with E-state index in [-0.39, 0.29) is 31.1 Å². The number of hydrogen-bond acceptors (Lipinski definition) is 7. The Labute approximate surface area is 135 Å². The van der Waals surface area contributed by atoms with E-state index in [0.29, 0.717) is 13.0 Å². The average Bonchev–Trinajstić information content (AvgIpc) is 2.46. The minimum atomic E-state index is -1.00. The molecule has 0 aromatic heterocycles. The van der Waals surface area contributed by atoms with Crippen LogP contribution >= 0.6 is 0 Å². The molecule has 23 heavy (non-hydrogen) atoms. The molecule has 0 spiro atoms. The number of esters is 1. The number of amides is 2. The molecule has 0 aliphatic heterocycles. The minimum Gasteiger partial charge on any atom is -0.463 e. The molecule has 2 amide bonds. The third kappa shape index (κ3) is 11.5. The zero-order valence-corrected chi connectivity index (χ0v) is 13.8. The molecule has 0 fully saturated rings. The zero-order chi connectivity index (χ0) is 17.8. The standard InChI is InChI=1S/C14H27N3O6/c1-9(23-11(3)20)4-5-22-8-12(17-10(2)19)6-16-14(21)13(15)7-18/h9,12-13,18H,4-8,15H2,1-3H3,(H,16,21)(H,17,19)/t9-,12+,13+/m1/s1. The van der Waals surface area contributed by atoms with Gasteiger partial charge in [-0.1, -0.05) is 0 Å². The van der Waals surface area contributed by atoms with Crippen molar-refractivity contribution in [2.24, 2.45) is 5.73 Å². The van der Waals surface area contributed by atoms with Crippen LogP contribution < -0.4 is 16.4 Å².